The highest BCUT2D eigenvalue weighted by Crippen LogP contribution is 2.42. The van der Waals surface area contributed by atoms with Gasteiger partial charge in [-0.05, 0) is 24.1 Å². The van der Waals surface area contributed by atoms with Crippen molar-refractivity contribution >= 4 is 23.6 Å². The number of benzene rings is 1. The van der Waals surface area contributed by atoms with E-state index in [2.05, 4.69) is 0 Å². The lowest BCUT2D eigenvalue weighted by atomic mass is 10.1. The van der Waals surface area contributed by atoms with Crippen LogP contribution in [0.1, 0.15) is 41.3 Å². The maximum Gasteiger partial charge on any atom is 0.329 e. The number of nitrogens with zero attached hydrogens (tertiary/aromatic N) is 1. The van der Waals surface area contributed by atoms with Crippen molar-refractivity contribution in [3.05, 3.63) is 60.1 Å². The van der Waals surface area contributed by atoms with Crippen LogP contribution in [-0.4, -0.2) is 35.2 Å². The molecule has 2 atom stereocenters. The lowest BCUT2D eigenvalue weighted by Gasteiger charge is -2.27. The van der Waals surface area contributed by atoms with Crippen LogP contribution in [0.5, 0.6) is 0 Å². The molecule has 0 N–H and O–H groups in total. The van der Waals surface area contributed by atoms with Crippen LogP contribution >= 0.6 is 11.8 Å². The molecule has 2 unspecified atom stereocenters. The van der Waals surface area contributed by atoms with Gasteiger partial charge >= 0.3 is 5.97 Å². The van der Waals surface area contributed by atoms with Crippen LogP contribution < -0.4 is 0 Å². The van der Waals surface area contributed by atoms with E-state index >= 15 is 0 Å². The minimum atomic E-state index is -0.607. The summed E-state index contributed by atoms with van der Waals surface area (Å²) in [6, 6.07) is 12.4. The third-order valence-corrected chi connectivity index (χ3v) is 5.39. The van der Waals surface area contributed by atoms with Gasteiger partial charge in [0, 0.05) is 5.75 Å². The number of ether oxygens (including phenoxy) is 1. The Morgan fingerprint density at radius 3 is 2.72 bits per heavy atom. The summed E-state index contributed by atoms with van der Waals surface area (Å²) in [5.74, 6) is 0.104. The van der Waals surface area contributed by atoms with Gasteiger partial charge in [0.25, 0.3) is 5.91 Å². The molecular weight excluding hydrogens is 338 g/mol. The van der Waals surface area contributed by atoms with Gasteiger partial charge in [-0.15, -0.1) is 11.8 Å². The number of hydrogen-bond donors (Lipinski definition) is 0. The third kappa shape index (κ3) is 3.90. The van der Waals surface area contributed by atoms with E-state index in [0.717, 1.165) is 18.4 Å². The fourth-order valence-electron chi connectivity index (χ4n) is 2.75. The van der Waals surface area contributed by atoms with Gasteiger partial charge in [-0.1, -0.05) is 43.7 Å². The largest absolute Gasteiger partial charge is 0.464 e. The first-order chi connectivity index (χ1) is 12.2. The molecule has 0 aliphatic carbocycles. The van der Waals surface area contributed by atoms with Crippen molar-refractivity contribution < 1.29 is 18.7 Å². The molecule has 0 bridgehead atoms. The number of carbonyl (C=O) groups is 2. The molecule has 6 heteroatoms. The van der Waals surface area contributed by atoms with Crippen molar-refractivity contribution in [1.82, 2.24) is 4.90 Å². The molecule has 25 heavy (non-hydrogen) atoms. The van der Waals surface area contributed by atoms with Crippen LogP contribution in [0.2, 0.25) is 0 Å². The van der Waals surface area contributed by atoms with Gasteiger partial charge in [0.05, 0.1) is 12.9 Å². The summed E-state index contributed by atoms with van der Waals surface area (Å²) in [5.41, 5.74) is 0.983. The van der Waals surface area contributed by atoms with Gasteiger partial charge in [0.15, 0.2) is 5.76 Å². The highest BCUT2D eigenvalue weighted by atomic mass is 32.2. The van der Waals surface area contributed by atoms with E-state index in [0.29, 0.717) is 12.4 Å². The van der Waals surface area contributed by atoms with Crippen LogP contribution in [0.25, 0.3) is 0 Å². The average molecular weight is 359 g/mol. The summed E-state index contributed by atoms with van der Waals surface area (Å²) in [6.45, 7) is 2.42. The van der Waals surface area contributed by atoms with Gasteiger partial charge < -0.3 is 14.1 Å². The summed E-state index contributed by atoms with van der Waals surface area (Å²) < 4.78 is 10.6. The van der Waals surface area contributed by atoms with Gasteiger partial charge in [-0.25, -0.2) is 4.79 Å². The Balaban J connectivity index is 1.85. The zero-order chi connectivity index (χ0) is 17.6. The van der Waals surface area contributed by atoms with Crippen LogP contribution in [0, 0.1) is 0 Å². The number of thioether (sulfide) groups is 1. The van der Waals surface area contributed by atoms with Gasteiger partial charge in [-0.3, -0.25) is 4.79 Å². The van der Waals surface area contributed by atoms with E-state index in [4.69, 9.17) is 9.15 Å². The molecule has 5 nitrogen and oxygen atoms in total. The van der Waals surface area contributed by atoms with Crippen molar-refractivity contribution in [2.45, 2.75) is 31.2 Å². The van der Waals surface area contributed by atoms with E-state index in [1.165, 1.54) is 6.26 Å². The first-order valence-electron chi connectivity index (χ1n) is 8.41. The Labute approximate surface area is 151 Å². The van der Waals surface area contributed by atoms with E-state index in [1.54, 1.807) is 28.8 Å². The predicted molar refractivity (Wildman–Crippen MR) is 96.2 cm³/mol. The zero-order valence-electron chi connectivity index (χ0n) is 14.1. The summed E-state index contributed by atoms with van der Waals surface area (Å²) in [6.07, 6.45) is 3.23. The summed E-state index contributed by atoms with van der Waals surface area (Å²) in [4.78, 5) is 27.1. The average Bonchev–Trinajstić information content (AvgIpc) is 3.32. The molecule has 132 valence electrons. The van der Waals surface area contributed by atoms with Crippen molar-refractivity contribution in [1.29, 1.82) is 0 Å². The van der Waals surface area contributed by atoms with E-state index < -0.39 is 6.04 Å². The highest BCUT2D eigenvalue weighted by Gasteiger charge is 2.44. The monoisotopic (exact) mass is 359 g/mol. The smallest absolute Gasteiger partial charge is 0.329 e. The Kier molecular flexibility index (Phi) is 5.81. The number of furan rings is 1. The molecule has 1 aliphatic heterocycles. The third-order valence-electron chi connectivity index (χ3n) is 4.07. The van der Waals surface area contributed by atoms with E-state index in [9.17, 15) is 9.59 Å². The number of esters is 1. The lowest BCUT2D eigenvalue weighted by molar-refractivity contribution is -0.148. The van der Waals surface area contributed by atoms with Gasteiger partial charge in [0.1, 0.15) is 11.4 Å². The van der Waals surface area contributed by atoms with Gasteiger partial charge in [0.2, 0.25) is 0 Å². The van der Waals surface area contributed by atoms with Crippen molar-refractivity contribution in [2.24, 2.45) is 0 Å². The van der Waals surface area contributed by atoms with Crippen LogP contribution in [0.4, 0.5) is 0 Å². The fourth-order valence-corrected chi connectivity index (χ4v) is 4.17. The number of hydrogen-bond acceptors (Lipinski definition) is 5. The van der Waals surface area contributed by atoms with Crippen molar-refractivity contribution in [2.75, 3.05) is 12.4 Å². The second kappa shape index (κ2) is 8.25. The quantitative estimate of drug-likeness (QED) is 0.579. The molecule has 1 aromatic heterocycles. The molecule has 1 amide bonds. The maximum absolute atomic E-state index is 12.9. The molecule has 0 spiro atoms. The SMILES string of the molecule is CCCCOC(=O)C1CSC(c2ccccc2)N1C(=O)c1ccco1. The number of rotatable bonds is 6. The maximum atomic E-state index is 12.9. The lowest BCUT2D eigenvalue weighted by Crippen LogP contribution is -2.43. The summed E-state index contributed by atoms with van der Waals surface area (Å²) >= 11 is 1.57. The molecule has 1 aromatic carbocycles. The van der Waals surface area contributed by atoms with Crippen LogP contribution in [0.3, 0.4) is 0 Å². The molecule has 1 fully saturated rings. The van der Waals surface area contributed by atoms with Gasteiger partial charge in [-0.2, -0.15) is 0 Å². The predicted octanol–water partition coefficient (Wildman–Crippen LogP) is 3.88. The van der Waals surface area contributed by atoms with Crippen molar-refractivity contribution in [3.63, 3.8) is 0 Å². The first kappa shape index (κ1) is 17.6. The summed E-state index contributed by atoms with van der Waals surface area (Å²) in [5, 5.41) is -0.234. The molecule has 0 saturated carbocycles. The fraction of sp³-hybridized carbons (Fsp3) is 0.368. The summed E-state index contributed by atoms with van der Waals surface area (Å²) in [7, 11) is 0. The van der Waals surface area contributed by atoms with Crippen molar-refractivity contribution in [3.8, 4) is 0 Å². The molecule has 1 saturated heterocycles. The molecule has 1 aliphatic rings. The van der Waals surface area contributed by atoms with Crippen LogP contribution in [0.15, 0.2) is 53.1 Å². The van der Waals surface area contributed by atoms with E-state index in [1.807, 2.05) is 37.3 Å². The molecule has 0 radical (unpaired) electrons. The zero-order valence-corrected chi connectivity index (χ0v) is 14.9. The van der Waals surface area contributed by atoms with E-state index in [-0.39, 0.29) is 23.0 Å². The normalized spacial score (nSPS) is 19.8. The molecule has 3 rings (SSSR count). The Morgan fingerprint density at radius 1 is 1.24 bits per heavy atom. The first-order valence-corrected chi connectivity index (χ1v) is 9.46. The molecule has 2 heterocycles. The Bertz CT molecular complexity index is 701. The van der Waals surface area contributed by atoms with Crippen LogP contribution in [-0.2, 0) is 9.53 Å². The standard InChI is InChI=1S/C19H21NO4S/c1-2-3-11-24-19(22)15-13-25-18(14-8-5-4-6-9-14)20(15)17(21)16-10-7-12-23-16/h4-10,12,15,18H,2-3,11,13H2,1H3. The topological polar surface area (TPSA) is 59.8 Å². The minimum absolute atomic E-state index is 0.231. The highest BCUT2D eigenvalue weighted by molar-refractivity contribution is 7.99. The minimum Gasteiger partial charge on any atom is -0.464 e. The molecular formula is C19H21NO4S. The Morgan fingerprint density at radius 2 is 2.04 bits per heavy atom. The number of unbranched alkanes of at least 4 members (excludes halogenated alkanes) is 1. The second-order valence-corrected chi connectivity index (χ2v) is 6.94. The second-order valence-electron chi connectivity index (χ2n) is 5.82. The number of amides is 1. The Hall–Kier alpha value is -2.21. The molecule has 2 aromatic rings. The number of carbonyl (C=O) groups excluding carboxylic acids is 2.